The summed E-state index contributed by atoms with van der Waals surface area (Å²) in [6, 6.07) is 14.5. The van der Waals surface area contributed by atoms with Crippen LogP contribution in [0, 0.1) is 22.7 Å². The molecule has 0 aliphatic heterocycles. The average molecular weight is 448 g/mol. The van der Waals surface area contributed by atoms with E-state index in [1.54, 1.807) is 36.4 Å². The zero-order valence-corrected chi connectivity index (χ0v) is 18.4. The number of pyridine rings is 1. The van der Waals surface area contributed by atoms with Crippen molar-refractivity contribution < 1.29 is 13.9 Å². The molecule has 1 amide bonds. The van der Waals surface area contributed by atoms with E-state index in [2.05, 4.69) is 16.4 Å². The number of carbonyl (C=O) groups excluding carboxylic acids is 1. The van der Waals surface area contributed by atoms with E-state index in [0.717, 1.165) is 11.8 Å². The normalized spacial score (nSPS) is 11.2. The molecule has 3 N–H and O–H groups in total. The number of furan rings is 1. The number of thioether (sulfide) groups is 1. The molecule has 0 aliphatic rings. The lowest BCUT2D eigenvalue weighted by atomic mass is 10.0. The van der Waals surface area contributed by atoms with Crippen LogP contribution < -0.4 is 15.8 Å². The van der Waals surface area contributed by atoms with Gasteiger partial charge in [0.1, 0.15) is 40.1 Å². The predicted octanol–water partition coefficient (Wildman–Crippen LogP) is 4.58. The fraction of sp³-hybridized carbons (Fsp3) is 0.217. The molecule has 0 saturated heterocycles. The van der Waals surface area contributed by atoms with E-state index in [0.29, 0.717) is 30.2 Å². The maximum absolute atomic E-state index is 12.9. The Balaban J connectivity index is 1.90. The number of nitriles is 2. The van der Waals surface area contributed by atoms with E-state index in [4.69, 9.17) is 14.9 Å². The van der Waals surface area contributed by atoms with E-state index in [1.807, 2.05) is 19.9 Å². The van der Waals surface area contributed by atoms with Crippen LogP contribution in [0.3, 0.4) is 0 Å². The molecule has 0 spiro atoms. The highest BCUT2D eigenvalue weighted by atomic mass is 32.2. The van der Waals surface area contributed by atoms with Crippen LogP contribution in [0.1, 0.15) is 31.4 Å². The lowest BCUT2D eigenvalue weighted by molar-refractivity contribution is -0.115. The van der Waals surface area contributed by atoms with Crippen molar-refractivity contribution in [3.05, 3.63) is 53.8 Å². The SMILES string of the molecule is CCOc1ccc(NC(=O)C(CC)Sc2nc(N)c(C#N)c(-c3ccco3)c2C#N)cc1. The Kier molecular flexibility index (Phi) is 7.37. The molecule has 2 aromatic heterocycles. The van der Waals surface area contributed by atoms with Gasteiger partial charge in [-0.1, -0.05) is 18.7 Å². The third kappa shape index (κ3) is 4.85. The monoisotopic (exact) mass is 447 g/mol. The predicted molar refractivity (Wildman–Crippen MR) is 122 cm³/mol. The zero-order valence-electron chi connectivity index (χ0n) is 17.6. The molecule has 1 atom stereocenters. The first-order chi connectivity index (χ1) is 15.5. The third-order valence-corrected chi connectivity index (χ3v) is 5.88. The van der Waals surface area contributed by atoms with Crippen molar-refractivity contribution in [3.8, 4) is 29.2 Å². The molecule has 1 unspecified atom stereocenters. The molecule has 0 fully saturated rings. The summed E-state index contributed by atoms with van der Waals surface area (Å²) in [5, 5.41) is 22.0. The number of aromatic nitrogens is 1. The standard InChI is InChI=1S/C23H21N5O3S/c1-3-19(22(29)27-14-7-9-15(10-8-14)30-4-2)32-23-17(13-25)20(18-6-5-11-31-18)16(12-24)21(26)28-23/h5-11,19H,3-4H2,1-2H3,(H2,26,28)(H,27,29). The number of nitrogens with two attached hydrogens (primary N) is 1. The topological polar surface area (TPSA) is 138 Å². The second kappa shape index (κ2) is 10.4. The summed E-state index contributed by atoms with van der Waals surface area (Å²) in [6.07, 6.45) is 1.93. The molecule has 0 bridgehead atoms. The summed E-state index contributed by atoms with van der Waals surface area (Å²) in [5.74, 6) is 0.784. The highest BCUT2D eigenvalue weighted by molar-refractivity contribution is 8.00. The van der Waals surface area contributed by atoms with E-state index < -0.39 is 5.25 Å². The number of nitrogen functional groups attached to an aromatic ring is 1. The van der Waals surface area contributed by atoms with Gasteiger partial charge in [0, 0.05) is 5.69 Å². The maximum atomic E-state index is 12.9. The first-order valence-corrected chi connectivity index (χ1v) is 10.8. The first kappa shape index (κ1) is 22.7. The van der Waals surface area contributed by atoms with Crippen LogP contribution in [0.15, 0.2) is 52.1 Å². The van der Waals surface area contributed by atoms with Gasteiger partial charge in [-0.2, -0.15) is 10.5 Å². The van der Waals surface area contributed by atoms with Crippen molar-refractivity contribution in [1.82, 2.24) is 4.98 Å². The largest absolute Gasteiger partial charge is 0.494 e. The van der Waals surface area contributed by atoms with Crippen molar-refractivity contribution in [1.29, 1.82) is 10.5 Å². The van der Waals surface area contributed by atoms with Gasteiger partial charge < -0.3 is 20.2 Å². The van der Waals surface area contributed by atoms with Crippen LogP contribution in [-0.2, 0) is 4.79 Å². The third-order valence-electron chi connectivity index (χ3n) is 4.53. The molecule has 0 radical (unpaired) electrons. The van der Waals surface area contributed by atoms with Gasteiger partial charge in [0.2, 0.25) is 5.91 Å². The lowest BCUT2D eigenvalue weighted by Crippen LogP contribution is -2.25. The van der Waals surface area contributed by atoms with E-state index >= 15 is 0 Å². The van der Waals surface area contributed by atoms with Gasteiger partial charge >= 0.3 is 0 Å². The van der Waals surface area contributed by atoms with Crippen LogP contribution >= 0.6 is 11.8 Å². The number of anilines is 2. The summed E-state index contributed by atoms with van der Waals surface area (Å²) >= 11 is 1.12. The van der Waals surface area contributed by atoms with Gasteiger partial charge in [0.05, 0.1) is 29.2 Å². The average Bonchev–Trinajstić information content (AvgIpc) is 3.33. The molecule has 162 valence electrons. The molecule has 9 heteroatoms. The van der Waals surface area contributed by atoms with Gasteiger partial charge in [-0.05, 0) is 49.7 Å². The molecule has 8 nitrogen and oxygen atoms in total. The number of carbonyl (C=O) groups is 1. The quantitative estimate of drug-likeness (QED) is 0.479. The van der Waals surface area contributed by atoms with Gasteiger partial charge in [-0.3, -0.25) is 4.79 Å². The van der Waals surface area contributed by atoms with Crippen molar-refractivity contribution >= 4 is 29.2 Å². The van der Waals surface area contributed by atoms with Crippen LogP contribution in [0.2, 0.25) is 0 Å². The second-order valence-corrected chi connectivity index (χ2v) is 7.78. The van der Waals surface area contributed by atoms with Crippen LogP contribution in [0.4, 0.5) is 11.5 Å². The molecule has 3 aromatic rings. The molecule has 32 heavy (non-hydrogen) atoms. The second-order valence-electron chi connectivity index (χ2n) is 6.59. The van der Waals surface area contributed by atoms with Crippen LogP contribution in [-0.4, -0.2) is 22.7 Å². The Labute approximate surface area is 190 Å². The summed E-state index contributed by atoms with van der Waals surface area (Å²) < 4.78 is 10.8. The van der Waals surface area contributed by atoms with E-state index in [-0.39, 0.29) is 33.4 Å². The van der Waals surface area contributed by atoms with E-state index in [1.165, 1.54) is 6.26 Å². The number of nitrogens with zero attached hydrogens (tertiary/aromatic N) is 3. The minimum absolute atomic E-state index is 0.0258. The minimum Gasteiger partial charge on any atom is -0.494 e. The molecule has 2 heterocycles. The number of nitrogens with one attached hydrogen (secondary N) is 1. The van der Waals surface area contributed by atoms with E-state index in [9.17, 15) is 15.3 Å². The molecule has 1 aromatic carbocycles. The Morgan fingerprint density at radius 3 is 2.50 bits per heavy atom. The number of amides is 1. The smallest absolute Gasteiger partial charge is 0.237 e. The van der Waals surface area contributed by atoms with Crippen molar-refractivity contribution in [2.45, 2.75) is 30.5 Å². The highest BCUT2D eigenvalue weighted by Gasteiger charge is 2.26. The molecule has 0 aliphatic carbocycles. The lowest BCUT2D eigenvalue weighted by Gasteiger charge is -2.17. The summed E-state index contributed by atoms with van der Waals surface area (Å²) in [6.45, 7) is 4.32. The fourth-order valence-corrected chi connectivity index (χ4v) is 4.05. The molecule has 0 saturated carbocycles. The molecular weight excluding hydrogens is 426 g/mol. The molecule has 3 rings (SSSR count). The van der Waals surface area contributed by atoms with Gasteiger partial charge in [-0.25, -0.2) is 4.98 Å². The number of ether oxygens (including phenoxy) is 1. The Hall–Kier alpha value is -3.95. The van der Waals surface area contributed by atoms with Crippen molar-refractivity contribution in [2.75, 3.05) is 17.7 Å². The maximum Gasteiger partial charge on any atom is 0.237 e. The van der Waals surface area contributed by atoms with Gasteiger partial charge in [0.25, 0.3) is 0 Å². The number of hydrogen-bond donors (Lipinski definition) is 2. The summed E-state index contributed by atoms with van der Waals surface area (Å²) in [4.78, 5) is 17.2. The Morgan fingerprint density at radius 2 is 1.94 bits per heavy atom. The minimum atomic E-state index is -0.544. The van der Waals surface area contributed by atoms with Crippen molar-refractivity contribution in [3.63, 3.8) is 0 Å². The summed E-state index contributed by atoms with van der Waals surface area (Å²) in [5.41, 5.74) is 7.11. The van der Waals surface area contributed by atoms with Crippen LogP contribution in [0.25, 0.3) is 11.3 Å². The van der Waals surface area contributed by atoms with Crippen molar-refractivity contribution in [2.24, 2.45) is 0 Å². The fourth-order valence-electron chi connectivity index (χ4n) is 3.03. The number of benzene rings is 1. The first-order valence-electron chi connectivity index (χ1n) is 9.90. The molecular formula is C23H21N5O3S. The number of rotatable bonds is 8. The van der Waals surface area contributed by atoms with Gasteiger partial charge in [-0.15, -0.1) is 0 Å². The Bertz CT molecular complexity index is 1180. The van der Waals surface area contributed by atoms with Crippen LogP contribution in [0.5, 0.6) is 5.75 Å². The van der Waals surface area contributed by atoms with Gasteiger partial charge in [0.15, 0.2) is 0 Å². The zero-order chi connectivity index (χ0) is 23.1. The summed E-state index contributed by atoms with van der Waals surface area (Å²) in [7, 11) is 0. The number of hydrogen-bond acceptors (Lipinski definition) is 8. The Morgan fingerprint density at radius 1 is 1.22 bits per heavy atom. The highest BCUT2D eigenvalue weighted by Crippen LogP contribution is 2.37.